The van der Waals surface area contributed by atoms with E-state index in [1.54, 1.807) is 23.6 Å². The van der Waals surface area contributed by atoms with Crippen molar-refractivity contribution >= 4 is 40.1 Å². The van der Waals surface area contributed by atoms with E-state index >= 15 is 0 Å². The molecule has 4 aromatic rings. The van der Waals surface area contributed by atoms with Gasteiger partial charge in [0.15, 0.2) is 22.6 Å². The molecular weight excluding hydrogens is 421 g/mol. The van der Waals surface area contributed by atoms with Crippen molar-refractivity contribution in [3.05, 3.63) is 93.5 Å². The van der Waals surface area contributed by atoms with E-state index in [4.69, 9.17) is 16.3 Å². The zero-order valence-corrected chi connectivity index (χ0v) is 17.2. The fourth-order valence-corrected chi connectivity index (χ4v) is 3.48. The van der Waals surface area contributed by atoms with Gasteiger partial charge in [0.1, 0.15) is 5.82 Å². The van der Waals surface area contributed by atoms with Crippen LogP contribution in [-0.4, -0.2) is 22.1 Å². The van der Waals surface area contributed by atoms with Gasteiger partial charge >= 0.3 is 5.97 Å². The highest BCUT2D eigenvalue weighted by Crippen LogP contribution is 2.30. The first-order valence-corrected chi connectivity index (χ1v) is 9.88. The van der Waals surface area contributed by atoms with Gasteiger partial charge < -0.3 is 10.1 Å². The van der Waals surface area contributed by atoms with Crippen molar-refractivity contribution in [2.45, 2.75) is 6.92 Å². The molecular formula is C23H17ClFN3O3. The van der Waals surface area contributed by atoms with Gasteiger partial charge in [0.2, 0.25) is 0 Å². The number of esters is 1. The van der Waals surface area contributed by atoms with E-state index < -0.39 is 27.9 Å². The van der Waals surface area contributed by atoms with Crippen LogP contribution in [0.25, 0.3) is 16.7 Å². The molecule has 156 valence electrons. The van der Waals surface area contributed by atoms with Crippen molar-refractivity contribution in [3.63, 3.8) is 0 Å². The molecule has 2 aromatic carbocycles. The number of carbonyl (C=O) groups is 1. The van der Waals surface area contributed by atoms with Crippen molar-refractivity contribution in [3.8, 4) is 5.69 Å². The van der Waals surface area contributed by atoms with Gasteiger partial charge in [0, 0.05) is 17.4 Å². The average Bonchev–Trinajstić information content (AvgIpc) is 2.77. The van der Waals surface area contributed by atoms with Crippen LogP contribution < -0.4 is 10.7 Å². The summed E-state index contributed by atoms with van der Waals surface area (Å²) in [6, 6.07) is 19.6. The van der Waals surface area contributed by atoms with Gasteiger partial charge in [-0.25, -0.2) is 14.2 Å². The summed E-state index contributed by atoms with van der Waals surface area (Å²) >= 11 is 6.20. The largest absolute Gasteiger partial charge is 0.461 e. The smallest absolute Gasteiger partial charge is 0.360 e. The van der Waals surface area contributed by atoms with Crippen LogP contribution in [0.1, 0.15) is 17.4 Å². The molecule has 0 atom stereocenters. The second kappa shape index (κ2) is 8.57. The summed E-state index contributed by atoms with van der Waals surface area (Å²) in [6.45, 7) is 1.64. The summed E-state index contributed by atoms with van der Waals surface area (Å²) in [5.74, 6) is -1.68. The third-order valence-corrected chi connectivity index (χ3v) is 4.91. The van der Waals surface area contributed by atoms with Crippen molar-refractivity contribution in [2.24, 2.45) is 0 Å². The second-order valence-corrected chi connectivity index (χ2v) is 6.94. The maximum absolute atomic E-state index is 14.8. The van der Waals surface area contributed by atoms with E-state index in [0.717, 1.165) is 5.69 Å². The Bertz CT molecular complexity index is 1330. The number of rotatable bonds is 5. The number of pyridine rings is 2. The van der Waals surface area contributed by atoms with Gasteiger partial charge in [-0.2, -0.15) is 0 Å². The molecule has 6 nitrogen and oxygen atoms in total. The van der Waals surface area contributed by atoms with Gasteiger partial charge in [0.05, 0.1) is 17.0 Å². The molecule has 0 aliphatic carbocycles. The van der Waals surface area contributed by atoms with Crippen molar-refractivity contribution < 1.29 is 13.9 Å². The third kappa shape index (κ3) is 3.87. The van der Waals surface area contributed by atoms with E-state index in [1.807, 2.05) is 48.5 Å². The zero-order chi connectivity index (χ0) is 22.0. The van der Waals surface area contributed by atoms with Crippen LogP contribution in [0.2, 0.25) is 5.02 Å². The second-order valence-electron chi connectivity index (χ2n) is 6.56. The summed E-state index contributed by atoms with van der Waals surface area (Å²) < 4.78 is 21.3. The Hall–Kier alpha value is -3.71. The van der Waals surface area contributed by atoms with Crippen LogP contribution in [-0.2, 0) is 4.74 Å². The first kappa shape index (κ1) is 20.6. The molecule has 0 radical (unpaired) electrons. The maximum Gasteiger partial charge on any atom is 0.360 e. The third-order valence-electron chi connectivity index (χ3n) is 4.56. The lowest BCUT2D eigenvalue weighted by Gasteiger charge is -2.19. The zero-order valence-electron chi connectivity index (χ0n) is 16.4. The summed E-state index contributed by atoms with van der Waals surface area (Å²) in [5.41, 5.74) is 0.278. The topological polar surface area (TPSA) is 73.2 Å². The SMILES string of the molecule is CCOC(=O)c1nc2c(c(Cl)c1F)c(=O)cc(Nc1ccccc1)n2-c1ccccc1. The Kier molecular flexibility index (Phi) is 5.68. The number of carbonyl (C=O) groups excluding carboxylic acids is 1. The molecule has 2 heterocycles. The van der Waals surface area contributed by atoms with Crippen molar-refractivity contribution in [1.82, 2.24) is 9.55 Å². The summed E-state index contributed by atoms with van der Waals surface area (Å²) in [6.07, 6.45) is 0. The van der Waals surface area contributed by atoms with Gasteiger partial charge in [-0.15, -0.1) is 0 Å². The van der Waals surface area contributed by atoms with Crippen LogP contribution in [0.3, 0.4) is 0 Å². The van der Waals surface area contributed by atoms with E-state index in [9.17, 15) is 14.0 Å². The molecule has 0 amide bonds. The number of halogens is 2. The number of hydrogen-bond acceptors (Lipinski definition) is 5. The lowest BCUT2D eigenvalue weighted by molar-refractivity contribution is 0.0514. The number of ether oxygens (including phenoxy) is 1. The predicted molar refractivity (Wildman–Crippen MR) is 118 cm³/mol. The number of para-hydroxylation sites is 2. The number of hydrogen-bond donors (Lipinski definition) is 1. The van der Waals surface area contributed by atoms with Crippen molar-refractivity contribution in [2.75, 3.05) is 11.9 Å². The number of fused-ring (bicyclic) bond motifs is 1. The van der Waals surface area contributed by atoms with Crippen LogP contribution in [0.4, 0.5) is 15.9 Å². The van der Waals surface area contributed by atoms with Crippen molar-refractivity contribution in [1.29, 1.82) is 0 Å². The predicted octanol–water partition coefficient (Wildman–Crippen LogP) is 5.10. The van der Waals surface area contributed by atoms with Crippen LogP contribution in [0.15, 0.2) is 71.5 Å². The number of benzene rings is 2. The quantitative estimate of drug-likeness (QED) is 0.440. The maximum atomic E-state index is 14.8. The van der Waals surface area contributed by atoms with Gasteiger partial charge in [-0.3, -0.25) is 9.36 Å². The summed E-state index contributed by atoms with van der Waals surface area (Å²) in [4.78, 5) is 29.4. The molecule has 1 N–H and O–H groups in total. The number of nitrogens with zero attached hydrogens (tertiary/aromatic N) is 2. The van der Waals surface area contributed by atoms with E-state index in [-0.39, 0.29) is 17.6 Å². The monoisotopic (exact) mass is 437 g/mol. The normalized spacial score (nSPS) is 10.8. The molecule has 0 saturated carbocycles. The number of aromatic nitrogens is 2. The molecule has 0 saturated heterocycles. The van der Waals surface area contributed by atoms with Gasteiger partial charge in [-0.1, -0.05) is 48.0 Å². The van der Waals surface area contributed by atoms with E-state index in [2.05, 4.69) is 10.3 Å². The molecule has 8 heteroatoms. The Labute approximate surface area is 181 Å². The Morgan fingerprint density at radius 3 is 2.42 bits per heavy atom. The van der Waals surface area contributed by atoms with Crippen LogP contribution in [0.5, 0.6) is 0 Å². The lowest BCUT2D eigenvalue weighted by Crippen LogP contribution is -2.18. The molecule has 0 unspecified atom stereocenters. The number of nitrogens with one attached hydrogen (secondary N) is 1. The summed E-state index contributed by atoms with van der Waals surface area (Å²) in [7, 11) is 0. The molecule has 0 fully saturated rings. The molecule has 0 spiro atoms. The minimum Gasteiger partial charge on any atom is -0.461 e. The first-order chi connectivity index (χ1) is 15.0. The van der Waals surface area contributed by atoms with E-state index in [0.29, 0.717) is 11.5 Å². The Morgan fingerprint density at radius 1 is 1.13 bits per heavy atom. The van der Waals surface area contributed by atoms with Gasteiger partial charge in [-0.05, 0) is 31.2 Å². The fourth-order valence-electron chi connectivity index (χ4n) is 3.21. The average molecular weight is 438 g/mol. The van der Waals surface area contributed by atoms with Crippen LogP contribution >= 0.6 is 11.6 Å². The number of anilines is 2. The fraction of sp³-hybridized carbons (Fsp3) is 0.0870. The standard InChI is InChI=1S/C23H17ClFN3O3/c1-2-31-23(30)21-20(25)19(24)18-16(29)13-17(26-14-9-5-3-6-10-14)28(22(18)27-21)15-11-7-4-8-12-15/h3-13,26H,2H2,1H3. The Balaban J connectivity index is 2.07. The lowest BCUT2D eigenvalue weighted by atomic mass is 10.2. The molecule has 31 heavy (non-hydrogen) atoms. The molecule has 0 bridgehead atoms. The Morgan fingerprint density at radius 2 is 1.77 bits per heavy atom. The highest BCUT2D eigenvalue weighted by Gasteiger charge is 2.25. The minimum absolute atomic E-state index is 0.0339. The molecule has 2 aromatic heterocycles. The molecule has 0 aliphatic rings. The first-order valence-electron chi connectivity index (χ1n) is 9.50. The highest BCUT2D eigenvalue weighted by atomic mass is 35.5. The highest BCUT2D eigenvalue weighted by molar-refractivity contribution is 6.35. The summed E-state index contributed by atoms with van der Waals surface area (Å²) in [5, 5.41) is 2.57. The minimum atomic E-state index is -1.09. The molecule has 4 rings (SSSR count). The molecule has 0 aliphatic heterocycles. The van der Waals surface area contributed by atoms with E-state index in [1.165, 1.54) is 6.07 Å². The van der Waals surface area contributed by atoms with Crippen LogP contribution in [0, 0.1) is 5.82 Å². The van der Waals surface area contributed by atoms with Gasteiger partial charge in [0.25, 0.3) is 0 Å².